The molecule has 2 heterocycles. The van der Waals surface area contributed by atoms with Crippen molar-refractivity contribution in [1.82, 2.24) is 4.57 Å². The van der Waals surface area contributed by atoms with Crippen molar-refractivity contribution in [1.29, 1.82) is 0 Å². The summed E-state index contributed by atoms with van der Waals surface area (Å²) in [5.41, 5.74) is 5.93. The summed E-state index contributed by atoms with van der Waals surface area (Å²) in [5.74, 6) is -0.785. The van der Waals surface area contributed by atoms with Crippen molar-refractivity contribution in [2.24, 2.45) is 0 Å². The van der Waals surface area contributed by atoms with Crippen LogP contribution in [-0.2, 0) is 16.1 Å². The van der Waals surface area contributed by atoms with Crippen LogP contribution in [0.4, 0.5) is 5.69 Å². The van der Waals surface area contributed by atoms with Gasteiger partial charge < -0.3 is 19.7 Å². The van der Waals surface area contributed by atoms with Gasteiger partial charge in [0.2, 0.25) is 6.29 Å². The number of cyclic esters (lactones) is 1. The summed E-state index contributed by atoms with van der Waals surface area (Å²) >= 11 is 6.20. The topological polar surface area (TPSA) is 80.6 Å². The van der Waals surface area contributed by atoms with Crippen molar-refractivity contribution in [2.45, 2.75) is 26.2 Å². The van der Waals surface area contributed by atoms with E-state index in [-0.39, 0.29) is 5.91 Å². The monoisotopic (exact) mass is 512 g/mol. The number of rotatable bonds is 7. The molecule has 4 aromatic rings. The SMILES string of the molecule is Cc1c(C(=O)Nc2ccccc2)c(-c2ccccc2)c(-c2ccc(Cl)cc2)n1CCC1=CC(=O)OC1O. The summed E-state index contributed by atoms with van der Waals surface area (Å²) in [5, 5.41) is 13.8. The summed E-state index contributed by atoms with van der Waals surface area (Å²) in [6, 6.07) is 26.6. The number of nitrogens with one attached hydrogen (secondary N) is 1. The van der Waals surface area contributed by atoms with Crippen molar-refractivity contribution in [3.05, 3.63) is 113 Å². The third-order valence-electron chi connectivity index (χ3n) is 6.43. The Bertz CT molecular complexity index is 1480. The van der Waals surface area contributed by atoms with Gasteiger partial charge in [0.05, 0.1) is 11.3 Å². The first kappa shape index (κ1) is 24.6. The molecule has 1 aromatic heterocycles. The summed E-state index contributed by atoms with van der Waals surface area (Å²) in [7, 11) is 0. The minimum atomic E-state index is -1.25. The number of anilines is 1. The van der Waals surface area contributed by atoms with Crippen LogP contribution in [0, 0.1) is 6.92 Å². The highest BCUT2D eigenvalue weighted by Gasteiger charge is 2.29. The Balaban J connectivity index is 1.68. The van der Waals surface area contributed by atoms with Gasteiger partial charge in [0, 0.05) is 40.2 Å². The third-order valence-corrected chi connectivity index (χ3v) is 6.69. The van der Waals surface area contributed by atoms with E-state index >= 15 is 0 Å². The Morgan fingerprint density at radius 1 is 0.973 bits per heavy atom. The maximum absolute atomic E-state index is 13.8. The van der Waals surface area contributed by atoms with Gasteiger partial charge in [-0.1, -0.05) is 72.3 Å². The van der Waals surface area contributed by atoms with E-state index in [4.69, 9.17) is 16.3 Å². The van der Waals surface area contributed by atoms with Crippen LogP contribution in [0.3, 0.4) is 0 Å². The zero-order chi connectivity index (χ0) is 25.9. The van der Waals surface area contributed by atoms with Crippen molar-refractivity contribution in [2.75, 3.05) is 5.32 Å². The molecule has 186 valence electrons. The van der Waals surface area contributed by atoms with Gasteiger partial charge in [-0.3, -0.25) is 4.79 Å². The molecule has 5 rings (SSSR count). The molecule has 1 aliphatic heterocycles. The second-order valence-corrected chi connectivity index (χ2v) is 9.22. The summed E-state index contributed by atoms with van der Waals surface area (Å²) in [6.45, 7) is 2.33. The van der Waals surface area contributed by atoms with Gasteiger partial charge >= 0.3 is 5.97 Å². The Morgan fingerprint density at radius 3 is 2.24 bits per heavy atom. The molecule has 6 nitrogen and oxygen atoms in total. The van der Waals surface area contributed by atoms with Crippen LogP contribution in [0.25, 0.3) is 22.4 Å². The number of amides is 1. The molecule has 1 amide bonds. The molecule has 0 aliphatic carbocycles. The number of nitrogens with zero attached hydrogens (tertiary/aromatic N) is 1. The lowest BCUT2D eigenvalue weighted by atomic mass is 9.96. The zero-order valence-electron chi connectivity index (χ0n) is 20.1. The fraction of sp³-hybridized carbons (Fsp3) is 0.133. The van der Waals surface area contributed by atoms with E-state index in [9.17, 15) is 14.7 Å². The molecule has 0 radical (unpaired) electrons. The Morgan fingerprint density at radius 2 is 1.62 bits per heavy atom. The number of aliphatic hydroxyl groups excluding tert-OH is 1. The number of halogens is 1. The van der Waals surface area contributed by atoms with Gasteiger partial charge in [0.1, 0.15) is 0 Å². The van der Waals surface area contributed by atoms with Gasteiger partial charge in [0.25, 0.3) is 5.91 Å². The molecular formula is C30H25ClN2O4. The number of hydrogen-bond donors (Lipinski definition) is 2. The maximum Gasteiger partial charge on any atom is 0.333 e. The van der Waals surface area contributed by atoms with E-state index in [1.54, 1.807) is 0 Å². The molecule has 0 saturated heterocycles. The number of esters is 1. The van der Waals surface area contributed by atoms with Crippen LogP contribution in [0.15, 0.2) is 96.6 Å². The Labute approximate surface area is 219 Å². The molecule has 1 atom stereocenters. The Kier molecular flexibility index (Phi) is 6.95. The highest BCUT2D eigenvalue weighted by atomic mass is 35.5. The van der Waals surface area contributed by atoms with Crippen LogP contribution in [0.2, 0.25) is 5.02 Å². The quantitative estimate of drug-likeness (QED) is 0.288. The normalized spacial score (nSPS) is 14.8. The molecule has 7 heteroatoms. The van der Waals surface area contributed by atoms with Crippen molar-refractivity contribution >= 4 is 29.2 Å². The first-order chi connectivity index (χ1) is 17.9. The Hall–Kier alpha value is -4.13. The van der Waals surface area contributed by atoms with Crippen molar-refractivity contribution in [3.63, 3.8) is 0 Å². The number of para-hydroxylation sites is 1. The number of hydrogen-bond acceptors (Lipinski definition) is 4. The minimum Gasteiger partial charge on any atom is -0.429 e. The van der Waals surface area contributed by atoms with Crippen LogP contribution in [0.1, 0.15) is 22.5 Å². The van der Waals surface area contributed by atoms with Gasteiger partial charge in [-0.15, -0.1) is 0 Å². The minimum absolute atomic E-state index is 0.227. The van der Waals surface area contributed by atoms with E-state index in [1.807, 2.05) is 91.9 Å². The summed E-state index contributed by atoms with van der Waals surface area (Å²) in [6.07, 6.45) is 0.445. The van der Waals surface area contributed by atoms with Crippen LogP contribution < -0.4 is 5.32 Å². The fourth-order valence-corrected chi connectivity index (χ4v) is 4.81. The summed E-state index contributed by atoms with van der Waals surface area (Å²) < 4.78 is 6.92. The van der Waals surface area contributed by atoms with Crippen molar-refractivity contribution in [3.8, 4) is 22.4 Å². The smallest absolute Gasteiger partial charge is 0.333 e. The fourth-order valence-electron chi connectivity index (χ4n) is 4.68. The molecule has 1 unspecified atom stereocenters. The number of carbonyl (C=O) groups is 2. The maximum atomic E-state index is 13.8. The van der Waals surface area contributed by atoms with Gasteiger partial charge in [0.15, 0.2) is 0 Å². The second-order valence-electron chi connectivity index (χ2n) is 8.79. The average Bonchev–Trinajstić information content (AvgIpc) is 3.38. The molecule has 0 fully saturated rings. The number of aliphatic hydroxyl groups is 1. The third kappa shape index (κ3) is 5.07. The largest absolute Gasteiger partial charge is 0.429 e. The van der Waals surface area contributed by atoms with Crippen LogP contribution >= 0.6 is 11.6 Å². The second kappa shape index (κ2) is 10.5. The lowest BCUT2D eigenvalue weighted by molar-refractivity contribution is -0.151. The molecule has 1 aliphatic rings. The number of aromatic nitrogens is 1. The van der Waals surface area contributed by atoms with Crippen LogP contribution in [-0.4, -0.2) is 27.8 Å². The van der Waals surface area contributed by atoms with E-state index in [0.717, 1.165) is 28.1 Å². The number of benzene rings is 3. The molecule has 0 bridgehead atoms. The first-order valence-corrected chi connectivity index (χ1v) is 12.3. The lowest BCUT2D eigenvalue weighted by Crippen LogP contribution is -2.15. The molecule has 0 saturated carbocycles. The van der Waals surface area contributed by atoms with Gasteiger partial charge in [-0.05, 0) is 48.7 Å². The van der Waals surface area contributed by atoms with Gasteiger partial charge in [-0.25, -0.2) is 4.79 Å². The number of carbonyl (C=O) groups excluding carboxylic acids is 2. The average molecular weight is 513 g/mol. The molecule has 0 spiro atoms. The highest BCUT2D eigenvalue weighted by Crippen LogP contribution is 2.40. The zero-order valence-corrected chi connectivity index (χ0v) is 20.9. The molecule has 3 aromatic carbocycles. The summed E-state index contributed by atoms with van der Waals surface area (Å²) in [4.78, 5) is 25.4. The van der Waals surface area contributed by atoms with E-state index in [1.165, 1.54) is 6.08 Å². The lowest BCUT2D eigenvalue weighted by Gasteiger charge is -2.15. The molecule has 37 heavy (non-hydrogen) atoms. The van der Waals surface area contributed by atoms with E-state index in [2.05, 4.69) is 9.88 Å². The van der Waals surface area contributed by atoms with E-state index in [0.29, 0.717) is 34.8 Å². The predicted octanol–water partition coefficient (Wildman–Crippen LogP) is 6.23. The molecule has 2 N–H and O–H groups in total. The highest BCUT2D eigenvalue weighted by molar-refractivity contribution is 6.30. The van der Waals surface area contributed by atoms with E-state index < -0.39 is 12.3 Å². The molecular weight excluding hydrogens is 488 g/mol. The van der Waals surface area contributed by atoms with Crippen molar-refractivity contribution < 1.29 is 19.4 Å². The predicted molar refractivity (Wildman–Crippen MR) is 144 cm³/mol. The first-order valence-electron chi connectivity index (χ1n) is 11.9. The van der Waals surface area contributed by atoms with Gasteiger partial charge in [-0.2, -0.15) is 0 Å². The number of ether oxygens (including phenoxy) is 1. The van der Waals surface area contributed by atoms with Crippen LogP contribution in [0.5, 0.6) is 0 Å². The standard InChI is InChI=1S/C30H25ClN2O4/c1-19-26(29(35)32-24-10-6-3-7-11-24)27(20-8-4-2-5-9-20)28(21-12-14-23(31)15-13-21)33(19)17-16-22-18-25(34)37-30(22)36/h2-15,18,30,36H,16-17H2,1H3,(H,32,35).